The molecular formula is C13H22N2O3S. The fourth-order valence-corrected chi connectivity index (χ4v) is 2.62. The van der Waals surface area contributed by atoms with E-state index in [1.165, 1.54) is 19.3 Å². The lowest BCUT2D eigenvalue weighted by Crippen LogP contribution is -2.16. The van der Waals surface area contributed by atoms with Gasteiger partial charge in [0, 0.05) is 37.7 Å². The van der Waals surface area contributed by atoms with E-state index in [0.29, 0.717) is 16.8 Å². The van der Waals surface area contributed by atoms with Crippen LogP contribution in [0, 0.1) is 5.92 Å². The SMILES string of the molecule is CN/C(=C(\C(C)=O)C(C)C)c1ccn(S(C)(=O)=O)c1.[HH]. The number of carbonyl (C=O) groups excluding carboxylic acids is 1. The van der Waals surface area contributed by atoms with Gasteiger partial charge in [-0.15, -0.1) is 0 Å². The minimum absolute atomic E-state index is 0. The van der Waals surface area contributed by atoms with Crippen molar-refractivity contribution in [2.45, 2.75) is 20.8 Å². The number of Topliss-reactive ketones (excluding diaryl/α,β-unsaturated/α-hetero) is 1. The highest BCUT2D eigenvalue weighted by atomic mass is 32.2. The number of nitrogens with one attached hydrogen (secondary N) is 1. The van der Waals surface area contributed by atoms with Gasteiger partial charge in [0.2, 0.25) is 10.0 Å². The van der Waals surface area contributed by atoms with Gasteiger partial charge in [0.15, 0.2) is 5.78 Å². The Bertz CT molecular complexity index is 615. The molecule has 0 saturated heterocycles. The van der Waals surface area contributed by atoms with Crippen molar-refractivity contribution in [3.05, 3.63) is 29.6 Å². The van der Waals surface area contributed by atoms with E-state index in [1.54, 1.807) is 13.1 Å². The van der Waals surface area contributed by atoms with Gasteiger partial charge in [0.25, 0.3) is 0 Å². The van der Waals surface area contributed by atoms with E-state index in [4.69, 9.17) is 0 Å². The number of hydrogen-bond donors (Lipinski definition) is 1. The number of hydrogen-bond acceptors (Lipinski definition) is 4. The molecule has 0 aliphatic rings. The van der Waals surface area contributed by atoms with Gasteiger partial charge in [-0.05, 0) is 18.9 Å². The van der Waals surface area contributed by atoms with Gasteiger partial charge in [0.1, 0.15) is 0 Å². The van der Waals surface area contributed by atoms with Crippen LogP contribution in [0.5, 0.6) is 0 Å². The number of allylic oxidation sites excluding steroid dienone is 1. The molecule has 1 N–H and O–H groups in total. The Morgan fingerprint density at radius 2 is 2.00 bits per heavy atom. The Kier molecular flexibility index (Phi) is 4.57. The summed E-state index contributed by atoms with van der Waals surface area (Å²) < 4.78 is 24.0. The molecule has 0 aliphatic heterocycles. The van der Waals surface area contributed by atoms with Crippen LogP contribution < -0.4 is 5.32 Å². The monoisotopic (exact) mass is 286 g/mol. The Labute approximate surface area is 115 Å². The van der Waals surface area contributed by atoms with Crippen molar-refractivity contribution in [1.29, 1.82) is 0 Å². The lowest BCUT2D eigenvalue weighted by atomic mass is 9.95. The molecule has 0 spiro atoms. The van der Waals surface area contributed by atoms with E-state index in [-0.39, 0.29) is 13.1 Å². The third-order valence-electron chi connectivity index (χ3n) is 2.81. The molecule has 19 heavy (non-hydrogen) atoms. The summed E-state index contributed by atoms with van der Waals surface area (Å²) in [5.41, 5.74) is 2.02. The van der Waals surface area contributed by atoms with Crippen molar-refractivity contribution in [1.82, 2.24) is 9.29 Å². The first-order valence-electron chi connectivity index (χ1n) is 6.00. The Balaban J connectivity index is 0.00000361. The average molecular weight is 286 g/mol. The maximum Gasteiger partial charge on any atom is 0.235 e. The number of nitrogens with zero attached hydrogens (tertiary/aromatic N) is 1. The molecule has 0 bridgehead atoms. The van der Waals surface area contributed by atoms with Crippen LogP contribution in [0.1, 0.15) is 27.8 Å². The Morgan fingerprint density at radius 1 is 1.42 bits per heavy atom. The molecule has 5 nitrogen and oxygen atoms in total. The molecule has 1 aromatic rings. The second-order valence-corrected chi connectivity index (χ2v) is 6.63. The zero-order valence-electron chi connectivity index (χ0n) is 11.9. The van der Waals surface area contributed by atoms with Crippen LogP contribution in [0.25, 0.3) is 5.70 Å². The summed E-state index contributed by atoms with van der Waals surface area (Å²) >= 11 is 0. The van der Waals surface area contributed by atoms with Crippen molar-refractivity contribution in [3.63, 3.8) is 0 Å². The number of carbonyl (C=O) groups is 1. The first kappa shape index (κ1) is 15.5. The molecule has 0 amide bonds. The van der Waals surface area contributed by atoms with Gasteiger partial charge in [-0.2, -0.15) is 0 Å². The lowest BCUT2D eigenvalue weighted by Gasteiger charge is -2.15. The Morgan fingerprint density at radius 3 is 2.32 bits per heavy atom. The van der Waals surface area contributed by atoms with Crippen LogP contribution >= 0.6 is 0 Å². The molecule has 0 aliphatic carbocycles. The van der Waals surface area contributed by atoms with Gasteiger partial charge in [0.05, 0.1) is 6.26 Å². The summed E-state index contributed by atoms with van der Waals surface area (Å²) in [6.07, 6.45) is 4.11. The van der Waals surface area contributed by atoms with E-state index < -0.39 is 10.0 Å². The van der Waals surface area contributed by atoms with Crippen LogP contribution in [0.3, 0.4) is 0 Å². The van der Waals surface area contributed by atoms with Crippen molar-refractivity contribution < 1.29 is 14.6 Å². The summed E-state index contributed by atoms with van der Waals surface area (Å²) in [4.78, 5) is 11.7. The normalized spacial score (nSPS) is 13.4. The smallest absolute Gasteiger partial charge is 0.235 e. The van der Waals surface area contributed by atoms with Crippen LogP contribution in [0.4, 0.5) is 0 Å². The van der Waals surface area contributed by atoms with Gasteiger partial charge in [-0.25, -0.2) is 8.42 Å². The molecular weight excluding hydrogens is 264 g/mol. The van der Waals surface area contributed by atoms with Crippen LogP contribution in [-0.4, -0.2) is 31.5 Å². The van der Waals surface area contributed by atoms with Crippen LogP contribution in [-0.2, 0) is 14.8 Å². The summed E-state index contributed by atoms with van der Waals surface area (Å²) in [7, 11) is -1.59. The van der Waals surface area contributed by atoms with E-state index >= 15 is 0 Å². The largest absolute Gasteiger partial charge is 0.387 e. The summed E-state index contributed by atoms with van der Waals surface area (Å²) in [6, 6.07) is 1.68. The Hall–Kier alpha value is -1.56. The fourth-order valence-electron chi connectivity index (χ4n) is 2.04. The summed E-state index contributed by atoms with van der Waals surface area (Å²) in [5, 5.41) is 3.00. The standard InChI is InChI=1S/C13H20N2O3S.H2/c1-9(2)12(10(3)16)13(14-4)11-6-7-15(8-11)19(5,17)18;/h6-9,14H,1-5H3;1H/b13-12-;. The van der Waals surface area contributed by atoms with Crippen LogP contribution in [0.15, 0.2) is 24.0 Å². The zero-order chi connectivity index (χ0) is 14.8. The van der Waals surface area contributed by atoms with Gasteiger partial charge < -0.3 is 5.32 Å². The first-order valence-corrected chi connectivity index (χ1v) is 7.85. The third-order valence-corrected chi connectivity index (χ3v) is 3.81. The molecule has 0 radical (unpaired) electrons. The molecule has 6 heteroatoms. The first-order chi connectivity index (χ1) is 8.68. The second-order valence-electron chi connectivity index (χ2n) is 4.74. The average Bonchev–Trinajstić information content (AvgIpc) is 2.72. The van der Waals surface area contributed by atoms with Crippen molar-refractivity contribution in [2.75, 3.05) is 13.3 Å². The van der Waals surface area contributed by atoms with Crippen molar-refractivity contribution in [2.24, 2.45) is 5.92 Å². The van der Waals surface area contributed by atoms with Crippen molar-refractivity contribution in [3.8, 4) is 0 Å². The minimum atomic E-state index is -3.31. The highest BCUT2D eigenvalue weighted by molar-refractivity contribution is 7.89. The second kappa shape index (κ2) is 5.61. The maximum absolute atomic E-state index is 11.7. The number of rotatable bonds is 5. The number of ketones is 1. The molecule has 0 atom stereocenters. The molecule has 1 heterocycles. The molecule has 1 rings (SSSR count). The topological polar surface area (TPSA) is 68.2 Å². The van der Waals surface area contributed by atoms with E-state index in [2.05, 4.69) is 5.32 Å². The van der Waals surface area contributed by atoms with Gasteiger partial charge >= 0.3 is 0 Å². The predicted octanol–water partition coefficient (Wildman–Crippen LogP) is 1.72. The molecule has 0 unspecified atom stereocenters. The molecule has 1 aromatic heterocycles. The maximum atomic E-state index is 11.7. The summed E-state index contributed by atoms with van der Waals surface area (Å²) in [5.74, 6) is 0.0352. The van der Waals surface area contributed by atoms with E-state index in [9.17, 15) is 13.2 Å². The predicted molar refractivity (Wildman–Crippen MR) is 78.3 cm³/mol. The highest BCUT2D eigenvalue weighted by Gasteiger charge is 2.17. The zero-order valence-corrected chi connectivity index (χ0v) is 12.7. The van der Waals surface area contributed by atoms with E-state index in [1.807, 2.05) is 13.8 Å². The molecule has 0 saturated carbocycles. The summed E-state index contributed by atoms with van der Waals surface area (Å²) in [6.45, 7) is 5.38. The molecule has 0 aromatic carbocycles. The quantitative estimate of drug-likeness (QED) is 0.837. The van der Waals surface area contributed by atoms with Gasteiger partial charge in [-0.3, -0.25) is 8.77 Å². The van der Waals surface area contributed by atoms with Crippen molar-refractivity contribution >= 4 is 21.5 Å². The fraction of sp³-hybridized carbons (Fsp3) is 0.462. The highest BCUT2D eigenvalue weighted by Crippen LogP contribution is 2.23. The molecule has 0 fully saturated rings. The minimum Gasteiger partial charge on any atom is -0.387 e. The third kappa shape index (κ3) is 3.47. The van der Waals surface area contributed by atoms with Gasteiger partial charge in [-0.1, -0.05) is 13.8 Å². The lowest BCUT2D eigenvalue weighted by molar-refractivity contribution is -0.114. The van der Waals surface area contributed by atoms with Crippen LogP contribution in [0.2, 0.25) is 0 Å². The van der Waals surface area contributed by atoms with E-state index in [0.717, 1.165) is 10.2 Å². The number of aromatic nitrogens is 1. The molecule has 108 valence electrons.